The quantitative estimate of drug-likeness (QED) is 0.912. The van der Waals surface area contributed by atoms with Gasteiger partial charge in [-0.25, -0.2) is 9.37 Å². The van der Waals surface area contributed by atoms with Gasteiger partial charge in [-0.15, -0.1) is 0 Å². The highest BCUT2D eigenvalue weighted by atomic mass is 35.5. The van der Waals surface area contributed by atoms with Gasteiger partial charge < -0.3 is 9.30 Å². The summed E-state index contributed by atoms with van der Waals surface area (Å²) in [7, 11) is -2.43. The molecule has 0 amide bonds. The number of aryl methyl sites for hydroxylation is 1. The van der Waals surface area contributed by atoms with Gasteiger partial charge in [0.15, 0.2) is 11.6 Å². The summed E-state index contributed by atoms with van der Waals surface area (Å²) in [5, 5.41) is -0.352. The Hall–Kier alpha value is -1.80. The lowest BCUT2D eigenvalue weighted by Crippen LogP contribution is -2.14. The van der Waals surface area contributed by atoms with Crippen molar-refractivity contribution in [3.63, 3.8) is 0 Å². The van der Waals surface area contributed by atoms with Gasteiger partial charge in [0.25, 0.3) is 10.0 Å². The number of rotatable bonds is 5. The molecule has 0 fully saturated rings. The van der Waals surface area contributed by atoms with Gasteiger partial charge in [0.2, 0.25) is 5.03 Å². The molecule has 0 radical (unpaired) electrons. The number of anilines is 1. The van der Waals surface area contributed by atoms with Crippen LogP contribution in [0.15, 0.2) is 29.6 Å². The van der Waals surface area contributed by atoms with Crippen molar-refractivity contribution in [3.05, 3.63) is 35.5 Å². The zero-order chi connectivity index (χ0) is 15.6. The van der Waals surface area contributed by atoms with E-state index < -0.39 is 15.8 Å². The Kier molecular flexibility index (Phi) is 4.38. The average molecular weight is 334 g/mol. The molecule has 1 aromatic carbocycles. The molecule has 1 aromatic heterocycles. The number of ether oxygens (including phenoxy) is 1. The minimum absolute atomic E-state index is 0.0334. The molecule has 6 nitrogen and oxygen atoms in total. The predicted molar refractivity (Wildman–Crippen MR) is 76.6 cm³/mol. The lowest BCUT2D eigenvalue weighted by Gasteiger charge is -2.09. The van der Waals surface area contributed by atoms with Crippen LogP contribution in [0.2, 0.25) is 5.15 Å². The van der Waals surface area contributed by atoms with Crippen LogP contribution < -0.4 is 9.46 Å². The molecule has 0 saturated carbocycles. The molecule has 0 bridgehead atoms. The summed E-state index contributed by atoms with van der Waals surface area (Å²) >= 11 is 5.84. The smallest absolute Gasteiger partial charge is 0.282 e. The summed E-state index contributed by atoms with van der Waals surface area (Å²) in [5.74, 6) is -0.611. The molecule has 0 spiro atoms. The summed E-state index contributed by atoms with van der Waals surface area (Å²) in [6.07, 6.45) is 1.27. The maximum absolute atomic E-state index is 13.7. The summed E-state index contributed by atoms with van der Waals surface area (Å²) < 4.78 is 46.6. The Morgan fingerprint density at radius 2 is 2.19 bits per heavy atom. The lowest BCUT2D eigenvalue weighted by atomic mass is 10.3. The molecule has 0 aliphatic heterocycles. The third kappa shape index (κ3) is 3.27. The molecule has 1 heterocycles. The Labute approximate surface area is 126 Å². The summed E-state index contributed by atoms with van der Waals surface area (Å²) in [6.45, 7) is 2.03. The molecular weight excluding hydrogens is 321 g/mol. The second-order valence-electron chi connectivity index (χ2n) is 4.14. The van der Waals surface area contributed by atoms with Gasteiger partial charge in [-0.2, -0.15) is 8.42 Å². The maximum atomic E-state index is 13.7. The van der Waals surface area contributed by atoms with Gasteiger partial charge >= 0.3 is 0 Å². The largest absolute Gasteiger partial charge is 0.491 e. The molecule has 0 saturated heterocycles. The SMILES string of the molecule is CCOc1ccc(NS(=O)(=O)c2ncn(C)c2Cl)cc1F. The topological polar surface area (TPSA) is 73.2 Å². The second kappa shape index (κ2) is 5.90. The molecule has 0 unspecified atom stereocenters. The highest BCUT2D eigenvalue weighted by molar-refractivity contribution is 7.92. The monoisotopic (exact) mass is 333 g/mol. The molecule has 1 N–H and O–H groups in total. The molecule has 0 aliphatic carbocycles. The number of hydrogen-bond acceptors (Lipinski definition) is 4. The first-order chi connectivity index (χ1) is 9.85. The van der Waals surface area contributed by atoms with E-state index in [1.807, 2.05) is 0 Å². The Balaban J connectivity index is 2.29. The van der Waals surface area contributed by atoms with Crippen molar-refractivity contribution >= 4 is 27.3 Å². The van der Waals surface area contributed by atoms with Crippen molar-refractivity contribution < 1.29 is 17.5 Å². The first-order valence-electron chi connectivity index (χ1n) is 5.97. The van der Waals surface area contributed by atoms with E-state index >= 15 is 0 Å². The van der Waals surface area contributed by atoms with E-state index in [-0.39, 0.29) is 21.6 Å². The van der Waals surface area contributed by atoms with Gasteiger partial charge in [0.1, 0.15) is 5.15 Å². The summed E-state index contributed by atoms with van der Waals surface area (Å²) in [5.41, 5.74) is 0.0534. The zero-order valence-electron chi connectivity index (χ0n) is 11.3. The van der Waals surface area contributed by atoms with E-state index in [0.717, 1.165) is 6.07 Å². The summed E-state index contributed by atoms with van der Waals surface area (Å²) in [4.78, 5) is 3.71. The number of imidazole rings is 1. The Morgan fingerprint density at radius 3 is 2.71 bits per heavy atom. The van der Waals surface area contributed by atoms with Crippen molar-refractivity contribution in [2.45, 2.75) is 11.9 Å². The van der Waals surface area contributed by atoms with Crippen LogP contribution in [-0.2, 0) is 17.1 Å². The minimum atomic E-state index is -3.99. The van der Waals surface area contributed by atoms with Crippen molar-refractivity contribution in [3.8, 4) is 5.75 Å². The fourth-order valence-electron chi connectivity index (χ4n) is 1.61. The first-order valence-corrected chi connectivity index (χ1v) is 7.83. The second-order valence-corrected chi connectivity index (χ2v) is 6.09. The molecule has 2 aromatic rings. The minimum Gasteiger partial charge on any atom is -0.491 e. The van der Waals surface area contributed by atoms with Gasteiger partial charge in [0, 0.05) is 13.1 Å². The standard InChI is InChI=1S/C12H13ClFN3O3S/c1-3-20-10-5-4-8(6-9(10)14)16-21(18,19)12-11(13)17(2)7-15-12/h4-7,16H,3H2,1-2H3. The highest BCUT2D eigenvalue weighted by Crippen LogP contribution is 2.25. The number of hydrogen-bond donors (Lipinski definition) is 1. The molecule has 114 valence electrons. The van der Waals surface area contributed by atoms with Crippen LogP contribution in [0.4, 0.5) is 10.1 Å². The van der Waals surface area contributed by atoms with E-state index in [0.29, 0.717) is 6.61 Å². The average Bonchev–Trinajstić information content (AvgIpc) is 2.74. The van der Waals surface area contributed by atoms with Crippen LogP contribution in [0, 0.1) is 5.82 Å². The van der Waals surface area contributed by atoms with E-state index in [9.17, 15) is 12.8 Å². The number of nitrogens with zero attached hydrogens (tertiary/aromatic N) is 2. The Morgan fingerprint density at radius 1 is 1.48 bits per heavy atom. The molecular formula is C12H13ClFN3O3S. The van der Waals surface area contributed by atoms with Crippen LogP contribution in [-0.4, -0.2) is 24.6 Å². The van der Waals surface area contributed by atoms with Crippen LogP contribution in [0.1, 0.15) is 6.92 Å². The first kappa shape index (κ1) is 15.6. The number of sulfonamides is 1. The molecule has 0 aliphatic rings. The fourth-order valence-corrected chi connectivity index (χ4v) is 3.10. The number of halogens is 2. The summed E-state index contributed by atoms with van der Waals surface area (Å²) in [6, 6.07) is 3.76. The van der Waals surface area contributed by atoms with Crippen molar-refractivity contribution in [1.82, 2.24) is 9.55 Å². The van der Waals surface area contributed by atoms with Crippen molar-refractivity contribution in [1.29, 1.82) is 0 Å². The Bertz CT molecular complexity index is 761. The van der Waals surface area contributed by atoms with Crippen LogP contribution in [0.25, 0.3) is 0 Å². The van der Waals surface area contributed by atoms with Crippen LogP contribution in [0.3, 0.4) is 0 Å². The van der Waals surface area contributed by atoms with Crippen LogP contribution >= 0.6 is 11.6 Å². The zero-order valence-corrected chi connectivity index (χ0v) is 12.9. The van der Waals surface area contributed by atoms with Gasteiger partial charge in [-0.3, -0.25) is 4.72 Å². The van der Waals surface area contributed by atoms with E-state index in [4.69, 9.17) is 16.3 Å². The molecule has 0 atom stereocenters. The predicted octanol–water partition coefficient (Wildman–Crippen LogP) is 2.41. The molecule has 21 heavy (non-hydrogen) atoms. The fraction of sp³-hybridized carbons (Fsp3) is 0.250. The molecule has 2 rings (SSSR count). The van der Waals surface area contributed by atoms with E-state index in [1.54, 1.807) is 14.0 Å². The normalized spacial score (nSPS) is 11.4. The van der Waals surface area contributed by atoms with Crippen LogP contribution in [0.5, 0.6) is 5.75 Å². The molecule has 9 heteroatoms. The van der Waals surface area contributed by atoms with Gasteiger partial charge in [0.05, 0.1) is 18.6 Å². The van der Waals surface area contributed by atoms with Gasteiger partial charge in [-0.05, 0) is 19.1 Å². The van der Waals surface area contributed by atoms with Crippen molar-refractivity contribution in [2.24, 2.45) is 7.05 Å². The number of nitrogens with one attached hydrogen (secondary N) is 1. The van der Waals surface area contributed by atoms with Crippen molar-refractivity contribution in [2.75, 3.05) is 11.3 Å². The third-order valence-electron chi connectivity index (χ3n) is 2.57. The third-order valence-corrected chi connectivity index (χ3v) is 4.44. The lowest BCUT2D eigenvalue weighted by molar-refractivity contribution is 0.321. The van der Waals surface area contributed by atoms with E-state index in [2.05, 4.69) is 9.71 Å². The number of benzene rings is 1. The maximum Gasteiger partial charge on any atom is 0.282 e. The number of aromatic nitrogens is 2. The highest BCUT2D eigenvalue weighted by Gasteiger charge is 2.22. The van der Waals surface area contributed by atoms with E-state index in [1.165, 1.54) is 23.0 Å². The van der Waals surface area contributed by atoms with Gasteiger partial charge in [-0.1, -0.05) is 11.6 Å².